The van der Waals surface area contributed by atoms with Gasteiger partial charge in [-0.05, 0) is 36.6 Å². The number of carbonyl (C=O) groups excluding carboxylic acids is 2. The first-order valence-electron chi connectivity index (χ1n) is 8.76. The number of esters is 1. The molecule has 26 heavy (non-hydrogen) atoms. The fourth-order valence-electron chi connectivity index (χ4n) is 2.65. The summed E-state index contributed by atoms with van der Waals surface area (Å²) >= 11 is 5.82. The van der Waals surface area contributed by atoms with Crippen LogP contribution < -0.4 is 5.32 Å². The number of carbonyl (C=O) groups is 2. The van der Waals surface area contributed by atoms with Crippen molar-refractivity contribution >= 4 is 23.5 Å². The number of benzene rings is 2. The molecule has 0 unspecified atom stereocenters. The molecule has 0 aliphatic rings. The molecule has 1 N–H and O–H groups in total. The van der Waals surface area contributed by atoms with E-state index in [9.17, 15) is 9.59 Å². The molecule has 5 heteroatoms. The predicted octanol–water partition coefficient (Wildman–Crippen LogP) is 4.12. The predicted molar refractivity (Wildman–Crippen MR) is 103 cm³/mol. The van der Waals surface area contributed by atoms with Crippen molar-refractivity contribution < 1.29 is 14.3 Å². The van der Waals surface area contributed by atoms with Gasteiger partial charge in [-0.25, -0.2) is 0 Å². The molecule has 0 aliphatic heterocycles. The smallest absolute Gasteiger partial charge is 0.311 e. The summed E-state index contributed by atoms with van der Waals surface area (Å²) in [6.45, 7) is 4.18. The lowest BCUT2D eigenvalue weighted by molar-refractivity contribution is -0.154. The highest BCUT2D eigenvalue weighted by Crippen LogP contribution is 2.18. The molecule has 138 valence electrons. The van der Waals surface area contributed by atoms with Crippen molar-refractivity contribution in [1.29, 1.82) is 0 Å². The fraction of sp³-hybridized carbons (Fsp3) is 0.333. The molecule has 1 amide bonds. The van der Waals surface area contributed by atoms with Crippen LogP contribution in [0.2, 0.25) is 5.02 Å². The molecule has 2 aromatic rings. The number of hydrogen-bond donors (Lipinski definition) is 1. The lowest BCUT2D eigenvalue weighted by Gasteiger charge is -2.18. The molecule has 0 fully saturated rings. The number of hydrogen-bond acceptors (Lipinski definition) is 3. The summed E-state index contributed by atoms with van der Waals surface area (Å²) in [6, 6.07) is 17.0. The lowest BCUT2D eigenvalue weighted by atomic mass is 9.96. The molecule has 0 aromatic heterocycles. The highest BCUT2D eigenvalue weighted by molar-refractivity contribution is 6.30. The van der Waals surface area contributed by atoms with E-state index in [2.05, 4.69) is 24.4 Å². The topological polar surface area (TPSA) is 55.4 Å². The van der Waals surface area contributed by atoms with E-state index in [1.54, 1.807) is 31.2 Å². The van der Waals surface area contributed by atoms with Crippen LogP contribution >= 0.6 is 11.6 Å². The second-order valence-corrected chi connectivity index (χ2v) is 6.63. The maximum Gasteiger partial charge on any atom is 0.311 e. The molecule has 4 nitrogen and oxygen atoms in total. The molecule has 2 rings (SSSR count). The Bertz CT molecular complexity index is 716. The van der Waals surface area contributed by atoms with Crippen molar-refractivity contribution in [1.82, 2.24) is 5.32 Å². The van der Waals surface area contributed by atoms with Crippen LogP contribution in [0.5, 0.6) is 0 Å². The van der Waals surface area contributed by atoms with Crippen LogP contribution in [0.25, 0.3) is 0 Å². The van der Waals surface area contributed by atoms with E-state index in [1.807, 2.05) is 18.2 Å². The Morgan fingerprint density at radius 1 is 1.08 bits per heavy atom. The Hall–Kier alpha value is -2.33. The van der Waals surface area contributed by atoms with E-state index < -0.39 is 12.1 Å². The highest BCUT2D eigenvalue weighted by Gasteiger charge is 2.19. The van der Waals surface area contributed by atoms with Crippen molar-refractivity contribution in [2.24, 2.45) is 0 Å². The minimum absolute atomic E-state index is 0.108. The number of ether oxygens (including phenoxy) is 1. The normalized spacial score (nSPS) is 12.9. The van der Waals surface area contributed by atoms with Gasteiger partial charge in [0.25, 0.3) is 5.91 Å². The summed E-state index contributed by atoms with van der Waals surface area (Å²) < 4.78 is 5.23. The standard InChI is InChI=1S/C21H24ClNO3/c1-3-17(18-7-5-4-6-8-18)14-23-21(25)15(2)26-20(24)13-16-9-11-19(22)12-10-16/h4-12,15,17H,3,13-14H2,1-2H3,(H,23,25)/t15-,17+/m0/s1. The zero-order chi connectivity index (χ0) is 18.9. The average molecular weight is 374 g/mol. The molecule has 0 aliphatic carbocycles. The Morgan fingerprint density at radius 3 is 2.35 bits per heavy atom. The molecular formula is C21H24ClNO3. The number of rotatable bonds is 8. The third kappa shape index (κ3) is 6.19. The van der Waals surface area contributed by atoms with E-state index in [1.165, 1.54) is 5.56 Å². The number of halogens is 1. The van der Waals surface area contributed by atoms with Crippen LogP contribution in [-0.2, 0) is 20.7 Å². The summed E-state index contributed by atoms with van der Waals surface area (Å²) in [7, 11) is 0. The quantitative estimate of drug-likeness (QED) is 0.708. The van der Waals surface area contributed by atoms with Crippen molar-refractivity contribution in [3.05, 3.63) is 70.7 Å². The molecule has 2 aromatic carbocycles. The second-order valence-electron chi connectivity index (χ2n) is 6.20. The van der Waals surface area contributed by atoms with Crippen LogP contribution in [-0.4, -0.2) is 24.5 Å². The molecule has 0 spiro atoms. The van der Waals surface area contributed by atoms with E-state index in [4.69, 9.17) is 16.3 Å². The summed E-state index contributed by atoms with van der Waals surface area (Å²) in [6.07, 6.45) is 0.189. The van der Waals surface area contributed by atoms with Gasteiger partial charge in [-0.3, -0.25) is 9.59 Å². The molecule has 0 radical (unpaired) electrons. The zero-order valence-electron chi connectivity index (χ0n) is 15.1. The Balaban J connectivity index is 1.81. The average Bonchev–Trinajstić information content (AvgIpc) is 2.64. The summed E-state index contributed by atoms with van der Waals surface area (Å²) in [5.41, 5.74) is 1.98. The second kappa shape index (κ2) is 9.97. The van der Waals surface area contributed by atoms with Crippen molar-refractivity contribution in [2.45, 2.75) is 38.7 Å². The van der Waals surface area contributed by atoms with Gasteiger partial charge < -0.3 is 10.1 Å². The van der Waals surface area contributed by atoms with Crippen LogP contribution in [0.3, 0.4) is 0 Å². The molecule has 0 saturated carbocycles. The van der Waals surface area contributed by atoms with Gasteiger partial charge in [0, 0.05) is 17.5 Å². The lowest BCUT2D eigenvalue weighted by Crippen LogP contribution is -2.38. The van der Waals surface area contributed by atoms with Crippen LogP contribution in [0, 0.1) is 0 Å². The van der Waals surface area contributed by atoms with E-state index >= 15 is 0 Å². The van der Waals surface area contributed by atoms with Crippen molar-refractivity contribution in [2.75, 3.05) is 6.54 Å². The summed E-state index contributed by atoms with van der Waals surface area (Å²) in [5.74, 6) is -0.494. The minimum atomic E-state index is -0.830. The number of nitrogens with one attached hydrogen (secondary N) is 1. The third-order valence-electron chi connectivity index (χ3n) is 4.23. The molecule has 0 heterocycles. The first kappa shape index (κ1) is 20.0. The van der Waals surface area contributed by atoms with Gasteiger partial charge >= 0.3 is 5.97 Å². The largest absolute Gasteiger partial charge is 0.452 e. The molecule has 0 saturated heterocycles. The van der Waals surface area contributed by atoms with Crippen LogP contribution in [0.1, 0.15) is 37.3 Å². The molecule has 2 atom stereocenters. The summed E-state index contributed by atoms with van der Waals surface area (Å²) in [5, 5.41) is 3.48. The van der Waals surface area contributed by atoms with E-state index in [0.29, 0.717) is 11.6 Å². The number of amides is 1. The first-order chi connectivity index (χ1) is 12.5. The monoisotopic (exact) mass is 373 g/mol. The van der Waals surface area contributed by atoms with Gasteiger partial charge in [0.1, 0.15) is 0 Å². The van der Waals surface area contributed by atoms with Gasteiger partial charge in [-0.1, -0.05) is 61.0 Å². The van der Waals surface area contributed by atoms with E-state index in [-0.39, 0.29) is 18.2 Å². The minimum Gasteiger partial charge on any atom is -0.452 e. The summed E-state index contributed by atoms with van der Waals surface area (Å²) in [4.78, 5) is 24.2. The van der Waals surface area contributed by atoms with Gasteiger partial charge in [-0.15, -0.1) is 0 Å². The Kier molecular flexibility index (Phi) is 7.67. The van der Waals surface area contributed by atoms with E-state index in [0.717, 1.165) is 12.0 Å². The fourth-order valence-corrected chi connectivity index (χ4v) is 2.78. The van der Waals surface area contributed by atoms with Crippen molar-refractivity contribution in [3.63, 3.8) is 0 Å². The highest BCUT2D eigenvalue weighted by atomic mass is 35.5. The molecule has 0 bridgehead atoms. The maximum absolute atomic E-state index is 12.2. The Morgan fingerprint density at radius 2 is 1.73 bits per heavy atom. The Labute approximate surface area is 159 Å². The zero-order valence-corrected chi connectivity index (χ0v) is 15.8. The van der Waals surface area contributed by atoms with Gasteiger partial charge in [0.2, 0.25) is 0 Å². The van der Waals surface area contributed by atoms with Crippen LogP contribution in [0.4, 0.5) is 0 Å². The SMILES string of the molecule is CC[C@H](CNC(=O)[C@H](C)OC(=O)Cc1ccc(Cl)cc1)c1ccccc1. The maximum atomic E-state index is 12.2. The van der Waals surface area contributed by atoms with Crippen molar-refractivity contribution in [3.8, 4) is 0 Å². The van der Waals surface area contributed by atoms with Gasteiger partial charge in [0.15, 0.2) is 6.10 Å². The van der Waals surface area contributed by atoms with Gasteiger partial charge in [0.05, 0.1) is 6.42 Å². The third-order valence-corrected chi connectivity index (χ3v) is 4.48. The van der Waals surface area contributed by atoms with Crippen LogP contribution in [0.15, 0.2) is 54.6 Å². The molecular weight excluding hydrogens is 350 g/mol. The first-order valence-corrected chi connectivity index (χ1v) is 9.14. The van der Waals surface area contributed by atoms with Gasteiger partial charge in [-0.2, -0.15) is 0 Å².